The van der Waals surface area contributed by atoms with Crippen LogP contribution < -0.4 is 5.32 Å². The van der Waals surface area contributed by atoms with Gasteiger partial charge in [0.05, 0.1) is 6.54 Å². The minimum absolute atomic E-state index is 0.542. The van der Waals surface area contributed by atoms with Gasteiger partial charge in [-0.15, -0.1) is 0 Å². The van der Waals surface area contributed by atoms with Crippen LogP contribution in [-0.4, -0.2) is 22.4 Å². The van der Waals surface area contributed by atoms with E-state index in [2.05, 4.69) is 47.7 Å². The van der Waals surface area contributed by atoms with E-state index in [-0.39, 0.29) is 0 Å². The summed E-state index contributed by atoms with van der Waals surface area (Å²) in [5, 5.41) is 7.71. The Morgan fingerprint density at radius 3 is 2.78 bits per heavy atom. The summed E-state index contributed by atoms with van der Waals surface area (Å²) in [5.41, 5.74) is 1.42. The van der Waals surface area contributed by atoms with Crippen LogP contribution in [0.2, 0.25) is 0 Å². The third kappa shape index (κ3) is 4.34. The number of hydrogen-bond acceptors (Lipinski definition) is 2. The van der Waals surface area contributed by atoms with E-state index in [1.165, 1.54) is 12.0 Å². The van der Waals surface area contributed by atoms with Crippen LogP contribution in [-0.2, 0) is 13.0 Å². The minimum Gasteiger partial charge on any atom is -0.312 e. The average Bonchev–Trinajstić information content (AvgIpc) is 2.91. The Kier molecular flexibility index (Phi) is 4.97. The molecule has 96 valence electrons. The minimum atomic E-state index is 0.542. The SMILES string of the molecule is C[C@H](CCc1ccccc1)NCCn1cccn1. The van der Waals surface area contributed by atoms with Gasteiger partial charge in [0.1, 0.15) is 0 Å². The van der Waals surface area contributed by atoms with Crippen molar-refractivity contribution in [1.29, 1.82) is 0 Å². The molecule has 3 heteroatoms. The molecule has 1 heterocycles. The highest BCUT2D eigenvalue weighted by Crippen LogP contribution is 2.04. The lowest BCUT2D eigenvalue weighted by atomic mass is 10.1. The Balaban J connectivity index is 1.62. The molecule has 0 unspecified atom stereocenters. The zero-order valence-electron chi connectivity index (χ0n) is 10.9. The lowest BCUT2D eigenvalue weighted by Crippen LogP contribution is -2.29. The van der Waals surface area contributed by atoms with Crippen molar-refractivity contribution < 1.29 is 0 Å². The van der Waals surface area contributed by atoms with Gasteiger partial charge in [-0.3, -0.25) is 4.68 Å². The molecule has 0 fully saturated rings. The van der Waals surface area contributed by atoms with Gasteiger partial charge in [-0.1, -0.05) is 30.3 Å². The van der Waals surface area contributed by atoms with Gasteiger partial charge in [0.25, 0.3) is 0 Å². The lowest BCUT2D eigenvalue weighted by molar-refractivity contribution is 0.475. The monoisotopic (exact) mass is 243 g/mol. The van der Waals surface area contributed by atoms with Crippen molar-refractivity contribution in [2.75, 3.05) is 6.54 Å². The normalized spacial score (nSPS) is 12.5. The molecule has 0 amide bonds. The largest absolute Gasteiger partial charge is 0.312 e. The highest BCUT2D eigenvalue weighted by atomic mass is 15.3. The third-order valence-electron chi connectivity index (χ3n) is 3.10. The molecule has 0 radical (unpaired) electrons. The summed E-state index contributed by atoms with van der Waals surface area (Å²) >= 11 is 0. The van der Waals surface area contributed by atoms with Gasteiger partial charge in [-0.25, -0.2) is 0 Å². The van der Waals surface area contributed by atoms with Crippen LogP contribution in [0.15, 0.2) is 48.8 Å². The smallest absolute Gasteiger partial charge is 0.0534 e. The van der Waals surface area contributed by atoms with E-state index >= 15 is 0 Å². The first-order valence-corrected chi connectivity index (χ1v) is 6.59. The van der Waals surface area contributed by atoms with Crippen molar-refractivity contribution in [3.8, 4) is 0 Å². The Bertz CT molecular complexity index is 422. The number of benzene rings is 1. The van der Waals surface area contributed by atoms with Gasteiger partial charge in [0.15, 0.2) is 0 Å². The van der Waals surface area contributed by atoms with E-state index in [1.54, 1.807) is 0 Å². The topological polar surface area (TPSA) is 29.9 Å². The highest BCUT2D eigenvalue weighted by molar-refractivity contribution is 5.14. The summed E-state index contributed by atoms with van der Waals surface area (Å²) in [7, 11) is 0. The van der Waals surface area contributed by atoms with Crippen molar-refractivity contribution in [2.45, 2.75) is 32.4 Å². The number of aromatic nitrogens is 2. The summed E-state index contributed by atoms with van der Waals surface area (Å²) < 4.78 is 1.96. The summed E-state index contributed by atoms with van der Waals surface area (Å²) in [6, 6.07) is 13.2. The zero-order valence-corrected chi connectivity index (χ0v) is 10.9. The fourth-order valence-corrected chi connectivity index (χ4v) is 1.99. The molecule has 0 aliphatic rings. The third-order valence-corrected chi connectivity index (χ3v) is 3.10. The molecule has 0 saturated heterocycles. The highest BCUT2D eigenvalue weighted by Gasteiger charge is 2.01. The molecule has 1 atom stereocenters. The predicted octanol–water partition coefficient (Wildman–Crippen LogP) is 2.49. The van der Waals surface area contributed by atoms with Crippen LogP contribution >= 0.6 is 0 Å². The maximum atomic E-state index is 4.18. The Morgan fingerprint density at radius 2 is 2.06 bits per heavy atom. The molecule has 2 aromatic rings. The molecule has 0 saturated carbocycles. The fraction of sp³-hybridized carbons (Fsp3) is 0.400. The van der Waals surface area contributed by atoms with Crippen molar-refractivity contribution in [2.24, 2.45) is 0 Å². The second kappa shape index (κ2) is 6.97. The van der Waals surface area contributed by atoms with Gasteiger partial charge >= 0.3 is 0 Å². The Hall–Kier alpha value is -1.61. The molecule has 0 aliphatic carbocycles. The van der Waals surface area contributed by atoms with Gasteiger partial charge in [-0.2, -0.15) is 5.10 Å². The predicted molar refractivity (Wildman–Crippen MR) is 74.5 cm³/mol. The van der Waals surface area contributed by atoms with Gasteiger partial charge in [0, 0.05) is 25.0 Å². The van der Waals surface area contributed by atoms with Crippen LogP contribution in [0.1, 0.15) is 18.9 Å². The second-order valence-electron chi connectivity index (χ2n) is 4.65. The van der Waals surface area contributed by atoms with Crippen LogP contribution in [0, 0.1) is 0 Å². The van der Waals surface area contributed by atoms with E-state index in [4.69, 9.17) is 0 Å². The molecule has 1 N–H and O–H groups in total. The summed E-state index contributed by atoms with van der Waals surface area (Å²) in [6.45, 7) is 4.15. The molecule has 18 heavy (non-hydrogen) atoms. The summed E-state index contributed by atoms with van der Waals surface area (Å²) in [5.74, 6) is 0. The van der Waals surface area contributed by atoms with Crippen molar-refractivity contribution in [3.63, 3.8) is 0 Å². The number of nitrogens with one attached hydrogen (secondary N) is 1. The second-order valence-corrected chi connectivity index (χ2v) is 4.65. The van der Waals surface area contributed by atoms with Crippen molar-refractivity contribution >= 4 is 0 Å². The zero-order chi connectivity index (χ0) is 12.6. The molecule has 0 aliphatic heterocycles. The molecular weight excluding hydrogens is 222 g/mol. The molecule has 0 bridgehead atoms. The lowest BCUT2D eigenvalue weighted by Gasteiger charge is -2.13. The molecule has 3 nitrogen and oxygen atoms in total. The molecule has 1 aromatic carbocycles. The summed E-state index contributed by atoms with van der Waals surface area (Å²) in [6.07, 6.45) is 6.12. The molecule has 0 spiro atoms. The van der Waals surface area contributed by atoms with Crippen LogP contribution in [0.4, 0.5) is 0 Å². The first kappa shape index (κ1) is 12.8. The summed E-state index contributed by atoms with van der Waals surface area (Å²) in [4.78, 5) is 0. The number of hydrogen-bond donors (Lipinski definition) is 1. The van der Waals surface area contributed by atoms with E-state index < -0.39 is 0 Å². The molecule has 2 rings (SSSR count). The van der Waals surface area contributed by atoms with Crippen molar-refractivity contribution in [1.82, 2.24) is 15.1 Å². The van der Waals surface area contributed by atoms with E-state index in [1.807, 2.05) is 23.1 Å². The van der Waals surface area contributed by atoms with E-state index in [0.717, 1.165) is 19.5 Å². The number of nitrogens with zero attached hydrogens (tertiary/aromatic N) is 2. The van der Waals surface area contributed by atoms with E-state index in [0.29, 0.717) is 6.04 Å². The first-order valence-electron chi connectivity index (χ1n) is 6.59. The molecule has 1 aromatic heterocycles. The van der Waals surface area contributed by atoms with Gasteiger partial charge in [-0.05, 0) is 31.4 Å². The maximum Gasteiger partial charge on any atom is 0.0534 e. The van der Waals surface area contributed by atoms with Crippen LogP contribution in [0.3, 0.4) is 0 Å². The quantitative estimate of drug-likeness (QED) is 0.809. The van der Waals surface area contributed by atoms with Gasteiger partial charge in [0.2, 0.25) is 0 Å². The standard InChI is InChI=1S/C15H21N3/c1-14(8-9-15-6-3-2-4-7-15)16-11-13-18-12-5-10-17-18/h2-7,10,12,14,16H,8-9,11,13H2,1H3/t14-/m1/s1. The fourth-order valence-electron chi connectivity index (χ4n) is 1.99. The van der Waals surface area contributed by atoms with Gasteiger partial charge < -0.3 is 5.32 Å². The number of rotatable bonds is 7. The van der Waals surface area contributed by atoms with Crippen LogP contribution in [0.25, 0.3) is 0 Å². The number of aryl methyl sites for hydroxylation is 1. The Morgan fingerprint density at radius 1 is 1.22 bits per heavy atom. The molecular formula is C15H21N3. The maximum absolute atomic E-state index is 4.18. The van der Waals surface area contributed by atoms with Crippen LogP contribution in [0.5, 0.6) is 0 Å². The Labute approximate surface area is 109 Å². The van der Waals surface area contributed by atoms with E-state index in [9.17, 15) is 0 Å². The average molecular weight is 243 g/mol. The first-order chi connectivity index (χ1) is 8.84. The van der Waals surface area contributed by atoms with Crippen molar-refractivity contribution in [3.05, 3.63) is 54.4 Å².